The summed E-state index contributed by atoms with van der Waals surface area (Å²) in [5, 5.41) is 6.97. The molecule has 0 radical (unpaired) electrons. The van der Waals surface area contributed by atoms with Crippen LogP contribution in [0.5, 0.6) is 5.75 Å². The van der Waals surface area contributed by atoms with E-state index in [-0.39, 0.29) is 23.9 Å². The van der Waals surface area contributed by atoms with Gasteiger partial charge in [0, 0.05) is 12.3 Å². The maximum Gasteiger partial charge on any atom is 0.258 e. The van der Waals surface area contributed by atoms with Crippen LogP contribution in [-0.4, -0.2) is 22.8 Å². The number of nitrogens with zero attached hydrogens (tertiary/aromatic N) is 2. The average Bonchev–Trinajstić information content (AvgIpc) is 2.91. The van der Waals surface area contributed by atoms with Crippen LogP contribution >= 0.6 is 12.4 Å². The van der Waals surface area contributed by atoms with E-state index >= 15 is 0 Å². The summed E-state index contributed by atoms with van der Waals surface area (Å²) < 4.78 is 6.87. The fourth-order valence-electron chi connectivity index (χ4n) is 1.77. The van der Waals surface area contributed by atoms with Crippen molar-refractivity contribution < 1.29 is 9.53 Å². The zero-order valence-corrected chi connectivity index (χ0v) is 13.9. The van der Waals surface area contributed by atoms with Gasteiger partial charge in [-0.3, -0.25) is 9.48 Å². The summed E-state index contributed by atoms with van der Waals surface area (Å²) in [7, 11) is 1.56. The van der Waals surface area contributed by atoms with Crippen LogP contribution in [0.4, 0.5) is 11.4 Å². The van der Waals surface area contributed by atoms with Gasteiger partial charge in [0.05, 0.1) is 35.8 Å². The molecule has 0 atom stereocenters. The Morgan fingerprint density at radius 1 is 1.36 bits per heavy atom. The first-order valence-corrected chi connectivity index (χ1v) is 6.61. The lowest BCUT2D eigenvalue weighted by atomic mass is 10.1. The standard InChI is InChI=1S/C15H20N4O2.ClH/c1-15(2,3)19-9-10(8-17-19)14(20)18-13-7-11(21-4)5-6-12(13)16;/h5-9H,16H2,1-4H3,(H,18,20);1H. The molecule has 0 saturated heterocycles. The maximum absolute atomic E-state index is 12.2. The minimum absolute atomic E-state index is 0. The van der Waals surface area contributed by atoms with Crippen LogP contribution in [0, 0.1) is 0 Å². The lowest BCUT2D eigenvalue weighted by Crippen LogP contribution is -2.22. The second kappa shape index (κ2) is 6.70. The van der Waals surface area contributed by atoms with E-state index in [1.165, 1.54) is 6.20 Å². The van der Waals surface area contributed by atoms with Crippen molar-refractivity contribution in [1.82, 2.24) is 9.78 Å². The summed E-state index contributed by atoms with van der Waals surface area (Å²) >= 11 is 0. The number of hydrogen-bond donors (Lipinski definition) is 2. The molecular weight excluding hydrogens is 304 g/mol. The zero-order valence-electron chi connectivity index (χ0n) is 13.1. The first kappa shape index (κ1) is 17.8. The van der Waals surface area contributed by atoms with Crippen molar-refractivity contribution in [3.63, 3.8) is 0 Å². The van der Waals surface area contributed by atoms with E-state index in [9.17, 15) is 4.79 Å². The Hall–Kier alpha value is -2.21. The van der Waals surface area contributed by atoms with E-state index < -0.39 is 0 Å². The Bertz CT molecular complexity index is 662. The molecule has 0 unspecified atom stereocenters. The Labute approximate surface area is 136 Å². The number of rotatable bonds is 3. The molecule has 1 aromatic heterocycles. The van der Waals surface area contributed by atoms with Gasteiger partial charge in [0.25, 0.3) is 5.91 Å². The van der Waals surface area contributed by atoms with Gasteiger partial charge in [-0.1, -0.05) is 0 Å². The minimum Gasteiger partial charge on any atom is -0.497 e. The lowest BCUT2D eigenvalue weighted by Gasteiger charge is -2.18. The van der Waals surface area contributed by atoms with Gasteiger partial charge >= 0.3 is 0 Å². The number of benzene rings is 1. The summed E-state index contributed by atoms with van der Waals surface area (Å²) in [4.78, 5) is 12.2. The number of halogens is 1. The van der Waals surface area contributed by atoms with E-state index in [0.29, 0.717) is 22.7 Å². The molecule has 0 aliphatic carbocycles. The number of ether oxygens (including phenoxy) is 1. The molecule has 3 N–H and O–H groups in total. The summed E-state index contributed by atoms with van der Waals surface area (Å²) in [5.74, 6) is 0.371. The van der Waals surface area contributed by atoms with Gasteiger partial charge in [-0.2, -0.15) is 5.10 Å². The number of hydrogen-bond acceptors (Lipinski definition) is 4. The molecule has 0 aliphatic rings. The summed E-state index contributed by atoms with van der Waals surface area (Å²) in [5.41, 5.74) is 7.16. The van der Waals surface area contributed by atoms with Crippen LogP contribution in [0.25, 0.3) is 0 Å². The third-order valence-electron chi connectivity index (χ3n) is 3.04. The van der Waals surface area contributed by atoms with Gasteiger partial charge in [-0.15, -0.1) is 12.4 Å². The molecule has 0 aliphatic heterocycles. The van der Waals surface area contributed by atoms with Crippen molar-refractivity contribution in [2.75, 3.05) is 18.2 Å². The van der Waals surface area contributed by atoms with Gasteiger partial charge in [-0.25, -0.2) is 0 Å². The quantitative estimate of drug-likeness (QED) is 0.850. The van der Waals surface area contributed by atoms with E-state index in [1.807, 2.05) is 20.8 Å². The smallest absolute Gasteiger partial charge is 0.258 e. The molecule has 1 aromatic carbocycles. The molecule has 6 nitrogen and oxygen atoms in total. The maximum atomic E-state index is 12.2. The minimum atomic E-state index is -0.259. The number of aromatic nitrogens is 2. The molecule has 2 rings (SSSR count). The number of methoxy groups -OCH3 is 1. The number of nitrogens with two attached hydrogens (primary N) is 1. The average molecular weight is 325 g/mol. The van der Waals surface area contributed by atoms with Crippen molar-refractivity contribution in [1.29, 1.82) is 0 Å². The molecule has 0 spiro atoms. The number of anilines is 2. The van der Waals surface area contributed by atoms with Gasteiger partial charge in [0.15, 0.2) is 0 Å². The van der Waals surface area contributed by atoms with Crippen molar-refractivity contribution in [2.24, 2.45) is 0 Å². The predicted octanol–water partition coefficient (Wildman–Crippen LogP) is 2.90. The Kier molecular flexibility index (Phi) is 5.43. The number of amides is 1. The highest BCUT2D eigenvalue weighted by Crippen LogP contribution is 2.25. The highest BCUT2D eigenvalue weighted by molar-refractivity contribution is 6.05. The van der Waals surface area contributed by atoms with Crippen LogP contribution in [0.2, 0.25) is 0 Å². The fourth-order valence-corrected chi connectivity index (χ4v) is 1.77. The van der Waals surface area contributed by atoms with Crippen molar-refractivity contribution in [3.05, 3.63) is 36.2 Å². The lowest BCUT2D eigenvalue weighted by molar-refractivity contribution is 0.102. The van der Waals surface area contributed by atoms with Gasteiger partial charge in [-0.05, 0) is 32.9 Å². The van der Waals surface area contributed by atoms with Crippen LogP contribution < -0.4 is 15.8 Å². The topological polar surface area (TPSA) is 82.2 Å². The van der Waals surface area contributed by atoms with E-state index in [0.717, 1.165) is 0 Å². The van der Waals surface area contributed by atoms with Crippen molar-refractivity contribution in [3.8, 4) is 5.75 Å². The highest BCUT2D eigenvalue weighted by Gasteiger charge is 2.17. The first-order chi connectivity index (χ1) is 9.81. The molecule has 120 valence electrons. The second-order valence-electron chi connectivity index (χ2n) is 5.75. The van der Waals surface area contributed by atoms with Crippen LogP contribution in [0.15, 0.2) is 30.6 Å². The number of nitrogens with one attached hydrogen (secondary N) is 1. The zero-order chi connectivity index (χ0) is 15.6. The monoisotopic (exact) mass is 324 g/mol. The normalized spacial score (nSPS) is 10.7. The molecule has 0 saturated carbocycles. The molecule has 1 amide bonds. The SMILES string of the molecule is COc1ccc(N)c(NC(=O)c2cnn(C(C)(C)C)c2)c1.Cl. The van der Waals surface area contributed by atoms with Crippen LogP contribution in [-0.2, 0) is 5.54 Å². The van der Waals surface area contributed by atoms with Gasteiger partial charge in [0.1, 0.15) is 5.75 Å². The summed E-state index contributed by atoms with van der Waals surface area (Å²) in [6.07, 6.45) is 3.25. The fraction of sp³-hybridized carbons (Fsp3) is 0.333. The number of nitrogen functional groups attached to an aromatic ring is 1. The Morgan fingerprint density at radius 3 is 2.59 bits per heavy atom. The molecule has 0 bridgehead atoms. The van der Waals surface area contributed by atoms with E-state index in [2.05, 4.69) is 10.4 Å². The predicted molar refractivity (Wildman–Crippen MR) is 89.8 cm³/mol. The molecule has 22 heavy (non-hydrogen) atoms. The van der Waals surface area contributed by atoms with Crippen molar-refractivity contribution >= 4 is 29.7 Å². The number of carbonyl (C=O) groups excluding carboxylic acids is 1. The third-order valence-corrected chi connectivity index (χ3v) is 3.04. The molecule has 2 aromatic rings. The van der Waals surface area contributed by atoms with Gasteiger partial charge < -0.3 is 15.8 Å². The summed E-state index contributed by atoms with van der Waals surface area (Å²) in [6, 6.07) is 5.11. The molecule has 0 fully saturated rings. The van der Waals surface area contributed by atoms with Gasteiger partial charge in [0.2, 0.25) is 0 Å². The highest BCUT2D eigenvalue weighted by atomic mass is 35.5. The van der Waals surface area contributed by atoms with Crippen molar-refractivity contribution in [2.45, 2.75) is 26.3 Å². The van der Waals surface area contributed by atoms with E-state index in [4.69, 9.17) is 10.5 Å². The largest absolute Gasteiger partial charge is 0.497 e. The Morgan fingerprint density at radius 2 is 2.05 bits per heavy atom. The Balaban J connectivity index is 0.00000242. The summed E-state index contributed by atoms with van der Waals surface area (Å²) in [6.45, 7) is 6.05. The molecule has 7 heteroatoms. The van der Waals surface area contributed by atoms with Crippen LogP contribution in [0.1, 0.15) is 31.1 Å². The number of carbonyl (C=O) groups is 1. The van der Waals surface area contributed by atoms with Crippen LogP contribution in [0.3, 0.4) is 0 Å². The first-order valence-electron chi connectivity index (χ1n) is 6.61. The molecule has 1 heterocycles. The second-order valence-corrected chi connectivity index (χ2v) is 5.75. The van der Waals surface area contributed by atoms with E-state index in [1.54, 1.807) is 36.2 Å². The third kappa shape index (κ3) is 3.92. The molecular formula is C15H21ClN4O2.